The van der Waals surface area contributed by atoms with Gasteiger partial charge in [0.2, 0.25) is 5.95 Å². The van der Waals surface area contributed by atoms with Gasteiger partial charge in [-0.05, 0) is 6.92 Å². The fourth-order valence-corrected chi connectivity index (χ4v) is 3.63. The summed E-state index contributed by atoms with van der Waals surface area (Å²) in [5.74, 6) is 1.14. The number of aromatic nitrogens is 3. The zero-order chi connectivity index (χ0) is 13.8. The van der Waals surface area contributed by atoms with Crippen LogP contribution in [0, 0.1) is 0 Å². The molecule has 0 spiro atoms. The molecule has 0 atom stereocenters. The van der Waals surface area contributed by atoms with E-state index in [1.165, 1.54) is 11.8 Å². The van der Waals surface area contributed by atoms with Crippen molar-refractivity contribution in [3.63, 3.8) is 0 Å². The smallest absolute Gasteiger partial charge is 0.313 e. The molecule has 0 radical (unpaired) electrons. The van der Waals surface area contributed by atoms with E-state index in [9.17, 15) is 9.00 Å². The van der Waals surface area contributed by atoms with Crippen LogP contribution in [-0.2, 0) is 22.1 Å². The molecule has 2 heterocycles. The first-order valence-corrected chi connectivity index (χ1v) is 8.47. The van der Waals surface area contributed by atoms with Gasteiger partial charge in [0.15, 0.2) is 5.16 Å². The normalized spacial score (nSPS) is 16.8. The third kappa shape index (κ3) is 3.47. The van der Waals surface area contributed by atoms with Crippen LogP contribution in [0.5, 0.6) is 0 Å². The topological polar surface area (TPSA) is 88.3 Å². The minimum absolute atomic E-state index is 0.0256. The summed E-state index contributed by atoms with van der Waals surface area (Å²) in [5.41, 5.74) is 0. The predicted octanol–water partition coefficient (Wildman–Crippen LogP) is 0.0434. The van der Waals surface area contributed by atoms with E-state index in [0.29, 0.717) is 36.3 Å². The Kier molecular flexibility index (Phi) is 4.81. The Morgan fingerprint density at radius 2 is 2.11 bits per heavy atom. The lowest BCUT2D eigenvalue weighted by Gasteiger charge is -2.27. The fourth-order valence-electron chi connectivity index (χ4n) is 1.86. The third-order valence-electron chi connectivity index (χ3n) is 2.80. The van der Waals surface area contributed by atoms with E-state index >= 15 is 0 Å². The van der Waals surface area contributed by atoms with Crippen LogP contribution in [0.15, 0.2) is 5.16 Å². The maximum atomic E-state index is 11.3. The quantitative estimate of drug-likeness (QED) is 0.768. The Bertz CT molecular complexity index is 481. The lowest BCUT2D eigenvalue weighted by atomic mass is 10.5. The van der Waals surface area contributed by atoms with Gasteiger partial charge in [-0.1, -0.05) is 11.8 Å². The monoisotopic (exact) mass is 304 g/mol. The molecule has 1 fully saturated rings. The van der Waals surface area contributed by atoms with Gasteiger partial charge in [0, 0.05) is 41.9 Å². The summed E-state index contributed by atoms with van der Waals surface area (Å²) in [4.78, 5) is 12.7. The Hall–Kier alpha value is -1.09. The fraction of sp³-hybridized carbons (Fsp3) is 0.700. The standard InChI is InChI=1S/C10H16N4O3S2/c1-2-14-9(13-3-5-19(17)6-4-13)11-12-10(14)18-7-8(15)16/h2-7H2,1H3,(H,15,16). The number of hydrogen-bond acceptors (Lipinski definition) is 6. The van der Waals surface area contributed by atoms with Crippen molar-refractivity contribution in [3.05, 3.63) is 0 Å². The van der Waals surface area contributed by atoms with Gasteiger partial charge in [-0.2, -0.15) is 0 Å². The molecular formula is C10H16N4O3S2. The van der Waals surface area contributed by atoms with Crippen molar-refractivity contribution in [2.45, 2.75) is 18.6 Å². The summed E-state index contributed by atoms with van der Waals surface area (Å²) in [6.45, 7) is 4.06. The SMILES string of the molecule is CCn1c(SCC(=O)O)nnc1N1CCS(=O)CC1. The van der Waals surface area contributed by atoms with Crippen molar-refractivity contribution >= 4 is 34.5 Å². The summed E-state index contributed by atoms with van der Waals surface area (Å²) in [5, 5.41) is 17.5. The average Bonchev–Trinajstić information content (AvgIpc) is 2.80. The zero-order valence-electron chi connectivity index (χ0n) is 10.6. The molecule has 0 aliphatic carbocycles. The van der Waals surface area contributed by atoms with Gasteiger partial charge >= 0.3 is 5.97 Å². The molecule has 9 heteroatoms. The van der Waals surface area contributed by atoms with Crippen molar-refractivity contribution in [1.82, 2.24) is 14.8 Å². The van der Waals surface area contributed by atoms with Crippen molar-refractivity contribution in [2.75, 3.05) is 35.2 Å². The molecule has 2 rings (SSSR count). The van der Waals surface area contributed by atoms with Crippen LogP contribution in [0.25, 0.3) is 0 Å². The lowest BCUT2D eigenvalue weighted by molar-refractivity contribution is -0.133. The Morgan fingerprint density at radius 3 is 2.68 bits per heavy atom. The maximum Gasteiger partial charge on any atom is 0.313 e. The van der Waals surface area contributed by atoms with Crippen LogP contribution in [-0.4, -0.2) is 60.4 Å². The molecule has 1 saturated heterocycles. The first-order chi connectivity index (χ1) is 9.11. The molecule has 106 valence electrons. The first kappa shape index (κ1) is 14.3. The maximum absolute atomic E-state index is 11.3. The highest BCUT2D eigenvalue weighted by Gasteiger charge is 2.22. The van der Waals surface area contributed by atoms with Crippen molar-refractivity contribution in [1.29, 1.82) is 0 Å². The van der Waals surface area contributed by atoms with E-state index in [2.05, 4.69) is 15.1 Å². The molecule has 1 N–H and O–H groups in total. The molecule has 0 amide bonds. The van der Waals surface area contributed by atoms with Gasteiger partial charge in [-0.15, -0.1) is 10.2 Å². The van der Waals surface area contributed by atoms with Gasteiger partial charge < -0.3 is 10.0 Å². The molecule has 0 aromatic carbocycles. The summed E-state index contributed by atoms with van der Waals surface area (Å²) in [7, 11) is -0.728. The Balaban J connectivity index is 2.12. The Morgan fingerprint density at radius 1 is 1.42 bits per heavy atom. The van der Waals surface area contributed by atoms with Crippen LogP contribution in [0.4, 0.5) is 5.95 Å². The summed E-state index contributed by atoms with van der Waals surface area (Å²) >= 11 is 1.17. The number of thioether (sulfide) groups is 1. The van der Waals surface area contributed by atoms with Gasteiger partial charge in [-0.25, -0.2) is 0 Å². The third-order valence-corrected chi connectivity index (χ3v) is 5.03. The molecule has 1 aromatic rings. The highest BCUT2D eigenvalue weighted by molar-refractivity contribution is 7.99. The van der Waals surface area contributed by atoms with E-state index in [1.807, 2.05) is 11.5 Å². The number of aliphatic carboxylic acids is 1. The van der Waals surface area contributed by atoms with Crippen molar-refractivity contribution < 1.29 is 14.1 Å². The lowest BCUT2D eigenvalue weighted by Crippen LogP contribution is -2.39. The summed E-state index contributed by atoms with van der Waals surface area (Å²) in [6.07, 6.45) is 0. The summed E-state index contributed by atoms with van der Waals surface area (Å²) < 4.78 is 13.3. The number of carboxylic acids is 1. The number of hydrogen-bond donors (Lipinski definition) is 1. The van der Waals surface area contributed by atoms with E-state index < -0.39 is 16.8 Å². The van der Waals surface area contributed by atoms with E-state index in [-0.39, 0.29) is 5.75 Å². The van der Waals surface area contributed by atoms with Crippen LogP contribution in [0.1, 0.15) is 6.92 Å². The van der Waals surface area contributed by atoms with Crippen molar-refractivity contribution in [2.24, 2.45) is 0 Å². The second-order valence-electron chi connectivity index (χ2n) is 4.04. The second kappa shape index (κ2) is 6.38. The number of carbonyl (C=O) groups is 1. The van der Waals surface area contributed by atoms with E-state index in [4.69, 9.17) is 5.11 Å². The van der Waals surface area contributed by atoms with Gasteiger partial charge in [0.05, 0.1) is 5.75 Å². The molecule has 0 saturated carbocycles. The molecule has 0 bridgehead atoms. The van der Waals surface area contributed by atoms with Gasteiger partial charge in [0.1, 0.15) is 0 Å². The van der Waals surface area contributed by atoms with E-state index in [0.717, 1.165) is 5.95 Å². The zero-order valence-corrected chi connectivity index (χ0v) is 12.2. The molecule has 0 unspecified atom stereocenters. The van der Waals surface area contributed by atoms with Gasteiger partial charge in [-0.3, -0.25) is 13.6 Å². The highest BCUT2D eigenvalue weighted by atomic mass is 32.2. The van der Waals surface area contributed by atoms with Crippen LogP contribution < -0.4 is 4.90 Å². The number of anilines is 1. The molecule has 7 nitrogen and oxygen atoms in total. The molecule has 1 aliphatic heterocycles. The predicted molar refractivity (Wildman–Crippen MR) is 74.1 cm³/mol. The average molecular weight is 304 g/mol. The van der Waals surface area contributed by atoms with Crippen molar-refractivity contribution in [3.8, 4) is 0 Å². The van der Waals surface area contributed by atoms with Crippen LogP contribution in [0.3, 0.4) is 0 Å². The Labute approximate surface area is 117 Å². The highest BCUT2D eigenvalue weighted by Crippen LogP contribution is 2.22. The molecular weight excluding hydrogens is 288 g/mol. The first-order valence-electron chi connectivity index (χ1n) is 5.99. The van der Waals surface area contributed by atoms with Crippen LogP contribution >= 0.6 is 11.8 Å². The van der Waals surface area contributed by atoms with E-state index in [1.54, 1.807) is 0 Å². The molecule has 1 aliphatic rings. The van der Waals surface area contributed by atoms with Crippen LogP contribution in [0.2, 0.25) is 0 Å². The van der Waals surface area contributed by atoms with Gasteiger partial charge in [0.25, 0.3) is 0 Å². The summed E-state index contributed by atoms with van der Waals surface area (Å²) in [6, 6.07) is 0. The largest absolute Gasteiger partial charge is 0.481 e. The minimum atomic E-state index is -0.870. The number of nitrogens with zero attached hydrogens (tertiary/aromatic N) is 4. The second-order valence-corrected chi connectivity index (χ2v) is 6.68. The molecule has 1 aromatic heterocycles. The number of carboxylic acid groups (broad SMARTS) is 1. The molecule has 19 heavy (non-hydrogen) atoms. The number of rotatable bonds is 5. The minimum Gasteiger partial charge on any atom is -0.481 e.